The molecule has 0 saturated carbocycles. The number of aromatic nitrogens is 2. The summed E-state index contributed by atoms with van der Waals surface area (Å²) in [6.45, 7) is 8.44. The Kier molecular flexibility index (Phi) is 6.63. The molecule has 0 spiro atoms. The SMILES string of the molecule is C[C@@H]1CN(c2cnc3ccccc3n2)C[C@H](C)N1C(=O)OC1CCN(Cc2ccccc2)CC1. The number of ether oxygens (including phenoxy) is 1. The van der Waals surface area contributed by atoms with Crippen molar-refractivity contribution in [2.45, 2.75) is 51.4 Å². The van der Waals surface area contributed by atoms with Crippen LogP contribution in [0.1, 0.15) is 32.3 Å². The summed E-state index contributed by atoms with van der Waals surface area (Å²) in [5.41, 5.74) is 3.11. The van der Waals surface area contributed by atoms with E-state index in [9.17, 15) is 4.79 Å². The number of fused-ring (bicyclic) bond motifs is 1. The largest absolute Gasteiger partial charge is 0.446 e. The third kappa shape index (κ3) is 4.99. The highest BCUT2D eigenvalue weighted by Gasteiger charge is 2.36. The molecule has 7 nitrogen and oxygen atoms in total. The number of hydrogen-bond acceptors (Lipinski definition) is 6. The topological polar surface area (TPSA) is 61.8 Å². The second kappa shape index (κ2) is 9.97. The molecule has 2 aliphatic rings. The summed E-state index contributed by atoms with van der Waals surface area (Å²) in [7, 11) is 0. The van der Waals surface area contributed by atoms with Crippen molar-refractivity contribution in [2.75, 3.05) is 31.1 Å². The van der Waals surface area contributed by atoms with Gasteiger partial charge in [0.25, 0.3) is 0 Å². The lowest BCUT2D eigenvalue weighted by molar-refractivity contribution is 0.0100. The van der Waals surface area contributed by atoms with E-state index in [0.717, 1.165) is 49.3 Å². The molecule has 34 heavy (non-hydrogen) atoms. The fraction of sp³-hybridized carbons (Fsp3) is 0.444. The number of piperidine rings is 1. The number of piperazine rings is 1. The minimum atomic E-state index is -0.189. The van der Waals surface area contributed by atoms with Crippen LogP contribution in [-0.4, -0.2) is 70.2 Å². The Morgan fingerprint density at radius 3 is 2.29 bits per heavy atom. The first-order valence-corrected chi connectivity index (χ1v) is 12.3. The molecule has 2 fully saturated rings. The summed E-state index contributed by atoms with van der Waals surface area (Å²) in [5, 5.41) is 0. The van der Waals surface area contributed by atoms with Gasteiger partial charge in [-0.1, -0.05) is 42.5 Å². The van der Waals surface area contributed by atoms with Crippen LogP contribution in [0.3, 0.4) is 0 Å². The summed E-state index contributed by atoms with van der Waals surface area (Å²) < 4.78 is 5.98. The Morgan fingerprint density at radius 2 is 1.59 bits per heavy atom. The van der Waals surface area contributed by atoms with Crippen LogP contribution in [0.25, 0.3) is 11.0 Å². The molecule has 2 aromatic carbocycles. The quantitative estimate of drug-likeness (QED) is 0.579. The van der Waals surface area contributed by atoms with Gasteiger partial charge in [-0.15, -0.1) is 0 Å². The maximum absolute atomic E-state index is 13.1. The number of para-hydroxylation sites is 2. The average Bonchev–Trinajstić information content (AvgIpc) is 2.85. The van der Waals surface area contributed by atoms with E-state index < -0.39 is 0 Å². The number of carbonyl (C=O) groups excluding carboxylic acids is 1. The van der Waals surface area contributed by atoms with Crippen LogP contribution >= 0.6 is 0 Å². The average molecular weight is 460 g/mol. The van der Waals surface area contributed by atoms with E-state index in [4.69, 9.17) is 9.72 Å². The van der Waals surface area contributed by atoms with Gasteiger partial charge in [-0.25, -0.2) is 9.78 Å². The first-order chi connectivity index (χ1) is 16.6. The molecule has 3 heterocycles. The summed E-state index contributed by atoms with van der Waals surface area (Å²) in [6.07, 6.45) is 3.40. The van der Waals surface area contributed by atoms with Crippen molar-refractivity contribution in [3.05, 3.63) is 66.4 Å². The van der Waals surface area contributed by atoms with Gasteiger partial charge < -0.3 is 9.64 Å². The normalized spacial score (nSPS) is 22.2. The zero-order chi connectivity index (χ0) is 23.5. The van der Waals surface area contributed by atoms with Crippen LogP contribution in [0.5, 0.6) is 0 Å². The molecule has 3 aromatic rings. The predicted molar refractivity (Wildman–Crippen MR) is 134 cm³/mol. The third-order valence-corrected chi connectivity index (χ3v) is 6.94. The Labute approximate surface area is 201 Å². The lowest BCUT2D eigenvalue weighted by atomic mass is 10.1. The first kappa shape index (κ1) is 22.6. The molecule has 0 aliphatic carbocycles. The molecule has 0 unspecified atom stereocenters. The molecule has 5 rings (SSSR count). The van der Waals surface area contributed by atoms with Crippen molar-refractivity contribution in [3.8, 4) is 0 Å². The molecule has 1 aromatic heterocycles. The Morgan fingerprint density at radius 1 is 0.941 bits per heavy atom. The van der Waals surface area contributed by atoms with E-state index in [2.05, 4.69) is 52.9 Å². The molecule has 0 radical (unpaired) electrons. The van der Waals surface area contributed by atoms with Crippen LogP contribution in [0.15, 0.2) is 60.8 Å². The van der Waals surface area contributed by atoms with Crippen molar-refractivity contribution >= 4 is 22.9 Å². The molecule has 7 heteroatoms. The maximum atomic E-state index is 13.1. The van der Waals surface area contributed by atoms with Crippen LogP contribution in [-0.2, 0) is 11.3 Å². The number of hydrogen-bond donors (Lipinski definition) is 0. The van der Waals surface area contributed by atoms with E-state index in [1.807, 2.05) is 41.4 Å². The monoisotopic (exact) mass is 459 g/mol. The summed E-state index contributed by atoms with van der Waals surface area (Å²) in [6, 6.07) is 18.5. The van der Waals surface area contributed by atoms with Gasteiger partial charge in [0, 0.05) is 32.7 Å². The van der Waals surface area contributed by atoms with Gasteiger partial charge in [-0.3, -0.25) is 14.8 Å². The van der Waals surface area contributed by atoms with E-state index >= 15 is 0 Å². The van der Waals surface area contributed by atoms with Crippen molar-refractivity contribution in [1.82, 2.24) is 19.8 Å². The molecule has 0 bridgehead atoms. The van der Waals surface area contributed by atoms with E-state index in [0.29, 0.717) is 13.1 Å². The number of nitrogens with zero attached hydrogens (tertiary/aromatic N) is 5. The van der Waals surface area contributed by atoms with Crippen molar-refractivity contribution < 1.29 is 9.53 Å². The first-order valence-electron chi connectivity index (χ1n) is 12.3. The fourth-order valence-electron chi connectivity index (χ4n) is 5.20. The van der Waals surface area contributed by atoms with Crippen LogP contribution in [0.4, 0.5) is 10.6 Å². The molecule has 0 N–H and O–H groups in total. The Balaban J connectivity index is 1.15. The minimum absolute atomic E-state index is 0.0108. The highest BCUT2D eigenvalue weighted by Crippen LogP contribution is 2.24. The molecular formula is C27H33N5O2. The molecular weight excluding hydrogens is 426 g/mol. The smallest absolute Gasteiger partial charge is 0.410 e. The zero-order valence-corrected chi connectivity index (χ0v) is 20.0. The number of rotatable bonds is 4. The van der Waals surface area contributed by atoms with Crippen LogP contribution in [0, 0.1) is 0 Å². The van der Waals surface area contributed by atoms with Gasteiger partial charge in [0.1, 0.15) is 11.9 Å². The van der Waals surface area contributed by atoms with Gasteiger partial charge in [-0.2, -0.15) is 0 Å². The highest BCUT2D eigenvalue weighted by atomic mass is 16.6. The minimum Gasteiger partial charge on any atom is -0.446 e. The lowest BCUT2D eigenvalue weighted by Crippen LogP contribution is -2.59. The van der Waals surface area contributed by atoms with E-state index in [1.165, 1.54) is 5.56 Å². The fourth-order valence-corrected chi connectivity index (χ4v) is 5.20. The third-order valence-electron chi connectivity index (χ3n) is 6.94. The predicted octanol–water partition coefficient (Wildman–Crippen LogP) is 4.33. The number of anilines is 1. The number of carbonyl (C=O) groups is 1. The number of benzene rings is 2. The van der Waals surface area contributed by atoms with Crippen molar-refractivity contribution in [2.24, 2.45) is 0 Å². The highest BCUT2D eigenvalue weighted by molar-refractivity contribution is 5.75. The summed E-state index contributed by atoms with van der Waals surface area (Å²) in [5.74, 6) is 0.858. The molecule has 2 aliphatic heterocycles. The standard InChI is InChI=1S/C27H33N5O2/c1-20-17-31(26-16-28-24-10-6-7-11-25(24)29-26)18-21(2)32(20)27(33)34-23-12-14-30(15-13-23)19-22-8-4-3-5-9-22/h3-11,16,20-21,23H,12-15,17-19H2,1-2H3/t20-,21+. The Hall–Kier alpha value is -3.19. The molecule has 2 atom stereocenters. The summed E-state index contributed by atoms with van der Waals surface area (Å²) >= 11 is 0. The second-order valence-electron chi connectivity index (χ2n) is 9.57. The number of likely N-dealkylation sites (tertiary alicyclic amines) is 1. The lowest BCUT2D eigenvalue weighted by Gasteiger charge is -2.44. The van der Waals surface area contributed by atoms with E-state index in [1.54, 1.807) is 0 Å². The van der Waals surface area contributed by atoms with Crippen LogP contribution < -0.4 is 4.90 Å². The molecule has 178 valence electrons. The van der Waals surface area contributed by atoms with Gasteiger partial charge in [-0.05, 0) is 44.4 Å². The van der Waals surface area contributed by atoms with Crippen LogP contribution in [0.2, 0.25) is 0 Å². The van der Waals surface area contributed by atoms with Gasteiger partial charge in [0.2, 0.25) is 0 Å². The number of amides is 1. The van der Waals surface area contributed by atoms with Gasteiger partial charge in [0.05, 0.1) is 29.3 Å². The van der Waals surface area contributed by atoms with Gasteiger partial charge in [0.15, 0.2) is 0 Å². The van der Waals surface area contributed by atoms with Crippen molar-refractivity contribution in [3.63, 3.8) is 0 Å². The Bertz CT molecular complexity index is 1100. The molecule has 1 amide bonds. The van der Waals surface area contributed by atoms with Crippen molar-refractivity contribution in [1.29, 1.82) is 0 Å². The maximum Gasteiger partial charge on any atom is 0.410 e. The van der Waals surface area contributed by atoms with Gasteiger partial charge >= 0.3 is 6.09 Å². The van der Waals surface area contributed by atoms with E-state index in [-0.39, 0.29) is 24.3 Å². The zero-order valence-electron chi connectivity index (χ0n) is 20.0. The molecule has 2 saturated heterocycles. The summed E-state index contributed by atoms with van der Waals surface area (Å²) in [4.78, 5) is 29.0. The second-order valence-corrected chi connectivity index (χ2v) is 9.57.